The lowest BCUT2D eigenvalue weighted by molar-refractivity contribution is 0.111. The van der Waals surface area contributed by atoms with Crippen molar-refractivity contribution in [1.29, 1.82) is 0 Å². The van der Waals surface area contributed by atoms with Crippen LogP contribution in [0, 0.1) is 0 Å². The maximum absolute atomic E-state index is 11.5. The van der Waals surface area contributed by atoms with Crippen LogP contribution in [-0.2, 0) is 7.05 Å². The Labute approximate surface area is 82.4 Å². The summed E-state index contributed by atoms with van der Waals surface area (Å²) in [6, 6.07) is 0. The molecule has 0 aliphatic heterocycles. The van der Waals surface area contributed by atoms with E-state index >= 15 is 0 Å². The van der Waals surface area contributed by atoms with Crippen LogP contribution in [0.2, 0.25) is 0 Å². The van der Waals surface area contributed by atoms with Crippen LogP contribution in [0.3, 0.4) is 0 Å². The van der Waals surface area contributed by atoms with Gasteiger partial charge in [-0.15, -0.1) is 0 Å². The molecule has 0 saturated heterocycles. The van der Waals surface area contributed by atoms with E-state index in [4.69, 9.17) is 0 Å². The zero-order valence-corrected chi connectivity index (χ0v) is 7.72. The fourth-order valence-electron chi connectivity index (χ4n) is 1.14. The van der Waals surface area contributed by atoms with Crippen molar-refractivity contribution in [2.24, 2.45) is 7.05 Å². The highest BCUT2D eigenvalue weighted by atomic mass is 16.2. The lowest BCUT2D eigenvalue weighted by atomic mass is 10.4. The Morgan fingerprint density at radius 1 is 1.47 bits per heavy atom. The molecule has 0 fully saturated rings. The van der Waals surface area contributed by atoms with Crippen molar-refractivity contribution in [3.63, 3.8) is 0 Å². The molecule has 0 spiro atoms. The average molecular weight is 206 g/mol. The Morgan fingerprint density at radius 3 is 2.87 bits per heavy atom. The van der Waals surface area contributed by atoms with Gasteiger partial charge in [0.2, 0.25) is 0 Å². The summed E-state index contributed by atoms with van der Waals surface area (Å²) in [6.45, 7) is 0. The molecule has 2 aromatic rings. The number of nitrogens with zero attached hydrogens (tertiary/aromatic N) is 3. The van der Waals surface area contributed by atoms with Gasteiger partial charge < -0.3 is 0 Å². The number of carbonyl (C=O) groups is 1. The number of hydrogen-bond acceptors (Lipinski definition) is 5. The number of aldehydes is 1. The first-order valence-corrected chi connectivity index (χ1v) is 4.04. The van der Waals surface area contributed by atoms with Crippen molar-refractivity contribution in [3.8, 4) is 0 Å². The first-order chi connectivity index (χ1) is 7.13. The maximum atomic E-state index is 11.5. The Morgan fingerprint density at radius 2 is 2.20 bits per heavy atom. The number of hydrogen-bond donors (Lipinski definition) is 1. The number of carbonyl (C=O) groups excluding carboxylic acids is 1. The molecule has 7 heteroatoms. The molecule has 0 radical (unpaired) electrons. The van der Waals surface area contributed by atoms with Gasteiger partial charge in [0, 0.05) is 7.05 Å². The van der Waals surface area contributed by atoms with Gasteiger partial charge in [-0.25, -0.2) is 14.8 Å². The molecule has 0 aromatic carbocycles. The number of aromatic nitrogens is 4. The molecule has 0 saturated carbocycles. The highest BCUT2D eigenvalue weighted by molar-refractivity contribution is 5.76. The average Bonchev–Trinajstić information content (AvgIpc) is 2.26. The number of fused-ring (bicyclic) bond motifs is 1. The maximum Gasteiger partial charge on any atom is 0.329 e. The molecule has 1 N–H and O–H groups in total. The molecule has 2 aromatic heterocycles. The van der Waals surface area contributed by atoms with Crippen molar-refractivity contribution in [2.75, 3.05) is 0 Å². The smallest absolute Gasteiger partial charge is 0.296 e. The third-order valence-corrected chi connectivity index (χ3v) is 1.95. The SMILES string of the molecule is Cn1c(=O)[nH]c2ncc(C=O)nc2c1=O. The second-order valence-corrected chi connectivity index (χ2v) is 2.90. The minimum Gasteiger partial charge on any atom is -0.296 e. The molecule has 0 aliphatic rings. The predicted octanol–water partition coefficient (Wildman–Crippen LogP) is -1.17. The second-order valence-electron chi connectivity index (χ2n) is 2.90. The van der Waals surface area contributed by atoms with E-state index < -0.39 is 11.2 Å². The quantitative estimate of drug-likeness (QED) is 0.593. The monoisotopic (exact) mass is 206 g/mol. The molecule has 0 atom stereocenters. The zero-order chi connectivity index (χ0) is 11.0. The largest absolute Gasteiger partial charge is 0.329 e. The molecule has 0 amide bonds. The first kappa shape index (κ1) is 9.25. The second kappa shape index (κ2) is 3.12. The summed E-state index contributed by atoms with van der Waals surface area (Å²) in [5.74, 6) is 0. The van der Waals surface area contributed by atoms with Crippen LogP contribution in [-0.4, -0.2) is 25.8 Å². The van der Waals surface area contributed by atoms with Gasteiger partial charge in [0.15, 0.2) is 17.5 Å². The highest BCUT2D eigenvalue weighted by Gasteiger charge is 2.07. The molecule has 0 unspecified atom stereocenters. The first-order valence-electron chi connectivity index (χ1n) is 4.04. The van der Waals surface area contributed by atoms with Crippen molar-refractivity contribution >= 4 is 17.5 Å². The van der Waals surface area contributed by atoms with Crippen LogP contribution in [0.4, 0.5) is 0 Å². The van der Waals surface area contributed by atoms with E-state index in [-0.39, 0.29) is 16.9 Å². The van der Waals surface area contributed by atoms with Gasteiger partial charge in [-0.05, 0) is 0 Å². The third kappa shape index (κ3) is 1.33. The Balaban J connectivity index is 3.00. The Kier molecular flexibility index (Phi) is 1.93. The molecule has 0 bridgehead atoms. The summed E-state index contributed by atoms with van der Waals surface area (Å²) in [4.78, 5) is 43.0. The van der Waals surface area contributed by atoms with E-state index in [9.17, 15) is 14.4 Å². The summed E-state index contributed by atoms with van der Waals surface area (Å²) < 4.78 is 0.867. The van der Waals surface area contributed by atoms with Crippen LogP contribution in [0.25, 0.3) is 11.2 Å². The summed E-state index contributed by atoms with van der Waals surface area (Å²) in [7, 11) is 1.32. The lowest BCUT2D eigenvalue weighted by Gasteiger charge is -1.98. The minimum atomic E-state index is -0.579. The van der Waals surface area contributed by atoms with E-state index in [0.29, 0.717) is 6.29 Å². The van der Waals surface area contributed by atoms with Gasteiger partial charge in [0.05, 0.1) is 6.20 Å². The fourth-order valence-corrected chi connectivity index (χ4v) is 1.14. The molecular formula is C8H6N4O3. The van der Waals surface area contributed by atoms with Gasteiger partial charge in [0.25, 0.3) is 5.56 Å². The standard InChI is InChI=1S/C8H6N4O3/c1-12-7(14)5-6(11-8(12)15)9-2-4(3-13)10-5/h2-3H,1H3,(H,9,11,15). The highest BCUT2D eigenvalue weighted by Crippen LogP contribution is 1.97. The Bertz CT molecular complexity index is 655. The van der Waals surface area contributed by atoms with Gasteiger partial charge in [-0.1, -0.05) is 0 Å². The molecule has 15 heavy (non-hydrogen) atoms. The van der Waals surface area contributed by atoms with E-state index in [1.54, 1.807) is 0 Å². The lowest BCUT2D eigenvalue weighted by Crippen LogP contribution is -2.33. The van der Waals surface area contributed by atoms with Crippen LogP contribution < -0.4 is 11.2 Å². The summed E-state index contributed by atoms with van der Waals surface area (Å²) in [5, 5.41) is 0. The number of rotatable bonds is 1. The van der Waals surface area contributed by atoms with E-state index in [1.807, 2.05) is 0 Å². The topological polar surface area (TPSA) is 97.7 Å². The van der Waals surface area contributed by atoms with Crippen molar-refractivity contribution < 1.29 is 4.79 Å². The number of aromatic amines is 1. The molecule has 7 nitrogen and oxygen atoms in total. The normalized spacial score (nSPS) is 10.5. The Hall–Kier alpha value is -2.31. The minimum absolute atomic E-state index is 0.0262. The fraction of sp³-hybridized carbons (Fsp3) is 0.125. The van der Waals surface area contributed by atoms with Gasteiger partial charge in [-0.2, -0.15) is 0 Å². The number of H-pyrrole nitrogens is 1. The van der Waals surface area contributed by atoms with E-state index in [0.717, 1.165) is 4.57 Å². The summed E-state index contributed by atoms with van der Waals surface area (Å²) in [5.41, 5.74) is -1.05. The van der Waals surface area contributed by atoms with E-state index in [1.165, 1.54) is 13.2 Å². The number of nitrogens with one attached hydrogen (secondary N) is 1. The third-order valence-electron chi connectivity index (χ3n) is 1.95. The summed E-state index contributed by atoms with van der Waals surface area (Å²) in [6.07, 6.45) is 1.67. The van der Waals surface area contributed by atoms with Gasteiger partial charge in [0.1, 0.15) is 5.69 Å². The van der Waals surface area contributed by atoms with Crippen LogP contribution in [0.5, 0.6) is 0 Å². The van der Waals surface area contributed by atoms with E-state index in [2.05, 4.69) is 15.0 Å². The van der Waals surface area contributed by atoms with Crippen LogP contribution in [0.1, 0.15) is 10.5 Å². The van der Waals surface area contributed by atoms with Crippen molar-refractivity contribution in [2.45, 2.75) is 0 Å². The van der Waals surface area contributed by atoms with Crippen molar-refractivity contribution in [1.82, 2.24) is 19.5 Å². The molecule has 76 valence electrons. The van der Waals surface area contributed by atoms with Crippen LogP contribution in [0.15, 0.2) is 15.8 Å². The zero-order valence-electron chi connectivity index (χ0n) is 7.72. The van der Waals surface area contributed by atoms with Gasteiger partial charge in [-0.3, -0.25) is 19.1 Å². The molecule has 0 aliphatic carbocycles. The van der Waals surface area contributed by atoms with Crippen LogP contribution >= 0.6 is 0 Å². The molecule has 2 heterocycles. The molecule has 2 rings (SSSR count). The summed E-state index contributed by atoms with van der Waals surface area (Å²) >= 11 is 0. The van der Waals surface area contributed by atoms with Gasteiger partial charge >= 0.3 is 5.69 Å². The predicted molar refractivity (Wildman–Crippen MR) is 50.8 cm³/mol. The molecular weight excluding hydrogens is 200 g/mol. The van der Waals surface area contributed by atoms with Crippen molar-refractivity contribution in [3.05, 3.63) is 32.7 Å².